The molecule has 3 heterocycles. The molecule has 1 fully saturated rings. The molecule has 1 unspecified atom stereocenters. The van der Waals surface area contributed by atoms with Gasteiger partial charge < -0.3 is 19.3 Å². The molecule has 0 spiro atoms. The summed E-state index contributed by atoms with van der Waals surface area (Å²) in [6.45, 7) is 3.97. The highest BCUT2D eigenvalue weighted by molar-refractivity contribution is 6.06. The Balaban J connectivity index is 1.26. The minimum absolute atomic E-state index is 0.0278. The standard InChI is InChI=1S/C24H23N3O4/c1-16-14-18(17-6-2-3-7-19(17)25-16)23(28)26-10-12-27(13-11-26)24(29)22-15-30-20-8-4-5-9-21(20)31-22/h2-9,14,22H,10-13,15H2,1H3. The summed E-state index contributed by atoms with van der Waals surface area (Å²) in [6.07, 6.45) is -0.663. The zero-order chi connectivity index (χ0) is 21.4. The van der Waals surface area contributed by atoms with Crippen LogP contribution in [0.15, 0.2) is 54.6 Å². The van der Waals surface area contributed by atoms with E-state index >= 15 is 0 Å². The van der Waals surface area contributed by atoms with Gasteiger partial charge in [0.05, 0.1) is 11.1 Å². The molecule has 31 heavy (non-hydrogen) atoms. The summed E-state index contributed by atoms with van der Waals surface area (Å²) in [5, 5.41) is 0.850. The van der Waals surface area contributed by atoms with Crippen molar-refractivity contribution in [3.63, 3.8) is 0 Å². The molecule has 7 nitrogen and oxygen atoms in total. The van der Waals surface area contributed by atoms with Gasteiger partial charge >= 0.3 is 0 Å². The Hall–Kier alpha value is -3.61. The largest absolute Gasteiger partial charge is 0.485 e. The number of piperazine rings is 1. The number of ether oxygens (including phenoxy) is 2. The van der Waals surface area contributed by atoms with Gasteiger partial charge in [-0.15, -0.1) is 0 Å². The van der Waals surface area contributed by atoms with Crippen molar-refractivity contribution in [3.05, 3.63) is 65.9 Å². The fraction of sp³-hybridized carbons (Fsp3) is 0.292. The van der Waals surface area contributed by atoms with Gasteiger partial charge in [-0.25, -0.2) is 0 Å². The first kappa shape index (κ1) is 19.4. The lowest BCUT2D eigenvalue weighted by atomic mass is 10.1. The van der Waals surface area contributed by atoms with Crippen LogP contribution in [0, 0.1) is 6.92 Å². The first-order chi connectivity index (χ1) is 15.1. The zero-order valence-corrected chi connectivity index (χ0v) is 17.3. The van der Waals surface area contributed by atoms with E-state index in [2.05, 4.69) is 4.98 Å². The number of hydrogen-bond acceptors (Lipinski definition) is 5. The molecule has 3 aromatic rings. The van der Waals surface area contributed by atoms with Gasteiger partial charge in [0, 0.05) is 37.3 Å². The maximum absolute atomic E-state index is 13.2. The van der Waals surface area contributed by atoms with Gasteiger partial charge in [0.25, 0.3) is 11.8 Å². The molecule has 0 bridgehead atoms. The number of aromatic nitrogens is 1. The number of para-hydroxylation sites is 3. The van der Waals surface area contributed by atoms with E-state index in [1.54, 1.807) is 15.9 Å². The van der Waals surface area contributed by atoms with Gasteiger partial charge in [0.1, 0.15) is 6.61 Å². The summed E-state index contributed by atoms with van der Waals surface area (Å²) in [7, 11) is 0. The van der Waals surface area contributed by atoms with Crippen molar-refractivity contribution in [2.24, 2.45) is 0 Å². The van der Waals surface area contributed by atoms with Crippen molar-refractivity contribution in [2.45, 2.75) is 13.0 Å². The summed E-state index contributed by atoms with van der Waals surface area (Å²) in [5.41, 5.74) is 2.28. The molecule has 158 valence electrons. The van der Waals surface area contributed by atoms with Crippen LogP contribution in [0.3, 0.4) is 0 Å². The van der Waals surface area contributed by atoms with Gasteiger partial charge in [-0.3, -0.25) is 14.6 Å². The fourth-order valence-corrected chi connectivity index (χ4v) is 4.13. The molecule has 5 rings (SSSR count). The van der Waals surface area contributed by atoms with Gasteiger partial charge in [0.15, 0.2) is 11.5 Å². The predicted octanol–water partition coefficient (Wildman–Crippen LogP) is 2.67. The molecule has 1 aromatic heterocycles. The lowest BCUT2D eigenvalue weighted by molar-refractivity contribution is -0.142. The number of nitrogens with zero attached hydrogens (tertiary/aromatic N) is 3. The maximum Gasteiger partial charge on any atom is 0.267 e. The Labute approximate surface area is 180 Å². The number of amides is 2. The second kappa shape index (κ2) is 7.91. The highest BCUT2D eigenvalue weighted by atomic mass is 16.6. The maximum atomic E-state index is 13.2. The van der Waals surface area contributed by atoms with Crippen molar-refractivity contribution in [1.29, 1.82) is 0 Å². The molecular weight excluding hydrogens is 394 g/mol. The summed E-state index contributed by atoms with van der Waals surface area (Å²) in [5.74, 6) is 1.11. The van der Waals surface area contributed by atoms with Gasteiger partial charge in [0.2, 0.25) is 6.10 Å². The zero-order valence-electron chi connectivity index (χ0n) is 17.3. The minimum atomic E-state index is -0.663. The fourth-order valence-electron chi connectivity index (χ4n) is 4.13. The third kappa shape index (κ3) is 3.67. The molecule has 0 radical (unpaired) electrons. The lowest BCUT2D eigenvalue weighted by Gasteiger charge is -2.37. The highest BCUT2D eigenvalue weighted by Crippen LogP contribution is 2.31. The van der Waals surface area contributed by atoms with Gasteiger partial charge in [-0.2, -0.15) is 0 Å². The number of carbonyl (C=O) groups is 2. The van der Waals surface area contributed by atoms with Crippen LogP contribution in [0.5, 0.6) is 11.5 Å². The molecular formula is C24H23N3O4. The summed E-state index contributed by atoms with van der Waals surface area (Å²) < 4.78 is 11.5. The Morgan fingerprint density at radius 2 is 1.61 bits per heavy atom. The summed E-state index contributed by atoms with van der Waals surface area (Å²) in [6, 6.07) is 16.9. The Bertz CT molecular complexity index is 1150. The third-order valence-corrected chi connectivity index (χ3v) is 5.74. The molecule has 0 N–H and O–H groups in total. The normalized spacial score (nSPS) is 18.2. The van der Waals surface area contributed by atoms with E-state index in [1.807, 2.05) is 55.5 Å². The molecule has 7 heteroatoms. The van der Waals surface area contributed by atoms with Crippen LogP contribution >= 0.6 is 0 Å². The molecule has 1 atom stereocenters. The Kier molecular flexibility index (Phi) is 4.94. The second-order valence-electron chi connectivity index (χ2n) is 7.81. The van der Waals surface area contributed by atoms with Crippen LogP contribution < -0.4 is 9.47 Å². The molecule has 2 aliphatic rings. The number of fused-ring (bicyclic) bond motifs is 2. The molecule has 0 saturated carbocycles. The van der Waals surface area contributed by atoms with Gasteiger partial charge in [-0.1, -0.05) is 30.3 Å². The average Bonchev–Trinajstić information content (AvgIpc) is 2.82. The van der Waals surface area contributed by atoms with E-state index in [0.29, 0.717) is 43.2 Å². The average molecular weight is 417 g/mol. The van der Waals surface area contributed by atoms with Crippen LogP contribution in [0.4, 0.5) is 0 Å². The van der Waals surface area contributed by atoms with Crippen molar-refractivity contribution in [1.82, 2.24) is 14.8 Å². The van der Waals surface area contributed by atoms with E-state index in [0.717, 1.165) is 16.6 Å². The number of pyridine rings is 1. The second-order valence-corrected chi connectivity index (χ2v) is 7.81. The number of benzene rings is 2. The minimum Gasteiger partial charge on any atom is -0.485 e. The molecule has 1 saturated heterocycles. The monoisotopic (exact) mass is 417 g/mol. The number of carbonyl (C=O) groups excluding carboxylic acids is 2. The van der Waals surface area contributed by atoms with Gasteiger partial charge in [-0.05, 0) is 31.2 Å². The number of hydrogen-bond donors (Lipinski definition) is 0. The van der Waals surface area contributed by atoms with E-state index in [9.17, 15) is 9.59 Å². The van der Waals surface area contributed by atoms with Crippen molar-refractivity contribution >= 4 is 22.7 Å². The Morgan fingerprint density at radius 1 is 0.935 bits per heavy atom. The van der Waals surface area contributed by atoms with E-state index in [1.165, 1.54) is 0 Å². The lowest BCUT2D eigenvalue weighted by Crippen LogP contribution is -2.55. The smallest absolute Gasteiger partial charge is 0.267 e. The van der Waals surface area contributed by atoms with Crippen LogP contribution in [0.2, 0.25) is 0 Å². The van der Waals surface area contributed by atoms with E-state index in [-0.39, 0.29) is 18.4 Å². The van der Waals surface area contributed by atoms with Crippen molar-refractivity contribution in [3.8, 4) is 11.5 Å². The summed E-state index contributed by atoms with van der Waals surface area (Å²) >= 11 is 0. The number of rotatable bonds is 2. The molecule has 2 amide bonds. The van der Waals surface area contributed by atoms with Crippen LogP contribution in [0.1, 0.15) is 16.1 Å². The molecule has 2 aromatic carbocycles. The first-order valence-corrected chi connectivity index (χ1v) is 10.4. The Morgan fingerprint density at radius 3 is 2.42 bits per heavy atom. The summed E-state index contributed by atoms with van der Waals surface area (Å²) in [4.78, 5) is 34.2. The topological polar surface area (TPSA) is 72.0 Å². The quantitative estimate of drug-likeness (QED) is 0.641. The van der Waals surface area contributed by atoms with Crippen LogP contribution in [-0.2, 0) is 4.79 Å². The van der Waals surface area contributed by atoms with Crippen molar-refractivity contribution in [2.75, 3.05) is 32.8 Å². The molecule has 2 aliphatic heterocycles. The van der Waals surface area contributed by atoms with Crippen molar-refractivity contribution < 1.29 is 19.1 Å². The van der Waals surface area contributed by atoms with E-state index in [4.69, 9.17) is 9.47 Å². The molecule has 0 aliphatic carbocycles. The van der Waals surface area contributed by atoms with E-state index < -0.39 is 6.10 Å². The highest BCUT2D eigenvalue weighted by Gasteiger charge is 2.33. The predicted molar refractivity (Wildman–Crippen MR) is 115 cm³/mol. The van der Waals surface area contributed by atoms with Crippen LogP contribution in [-0.4, -0.2) is 65.5 Å². The van der Waals surface area contributed by atoms with Crippen LogP contribution in [0.25, 0.3) is 10.9 Å². The first-order valence-electron chi connectivity index (χ1n) is 10.4. The third-order valence-electron chi connectivity index (χ3n) is 5.74. The number of aryl methyl sites for hydroxylation is 1. The SMILES string of the molecule is Cc1cc(C(=O)N2CCN(C(=O)C3COc4ccccc4O3)CC2)c2ccccc2n1.